The van der Waals surface area contributed by atoms with Crippen molar-refractivity contribution in [1.82, 2.24) is 4.98 Å². The predicted molar refractivity (Wildman–Crippen MR) is 81.6 cm³/mol. The molecule has 20 heavy (non-hydrogen) atoms. The highest BCUT2D eigenvalue weighted by Crippen LogP contribution is 2.38. The molecule has 0 N–H and O–H groups in total. The van der Waals surface area contributed by atoms with Crippen LogP contribution in [0.25, 0.3) is 10.2 Å². The number of aromatic nitrogens is 1. The van der Waals surface area contributed by atoms with Gasteiger partial charge in [0.2, 0.25) is 0 Å². The second-order valence-electron chi connectivity index (χ2n) is 4.28. The van der Waals surface area contributed by atoms with E-state index in [2.05, 4.69) is 11.1 Å². The first-order chi connectivity index (χ1) is 9.63. The van der Waals surface area contributed by atoms with E-state index in [1.54, 1.807) is 29.5 Å². The van der Waals surface area contributed by atoms with E-state index in [1.165, 1.54) is 23.4 Å². The van der Waals surface area contributed by atoms with Crippen molar-refractivity contribution < 1.29 is 4.92 Å². The van der Waals surface area contributed by atoms with Crippen LogP contribution in [0.15, 0.2) is 51.7 Å². The van der Waals surface area contributed by atoms with Crippen LogP contribution in [0.3, 0.4) is 0 Å². The van der Waals surface area contributed by atoms with E-state index in [1.807, 2.05) is 19.1 Å². The van der Waals surface area contributed by atoms with Crippen LogP contribution in [0.2, 0.25) is 0 Å². The predicted octanol–water partition coefficient (Wildman–Crippen LogP) is 4.66. The molecule has 0 unspecified atom stereocenters. The smallest absolute Gasteiger partial charge is 0.258 e. The molecule has 6 heteroatoms. The van der Waals surface area contributed by atoms with E-state index in [0.29, 0.717) is 4.90 Å². The van der Waals surface area contributed by atoms with Gasteiger partial charge in [-0.1, -0.05) is 30.0 Å². The van der Waals surface area contributed by atoms with E-state index >= 15 is 0 Å². The Balaban J connectivity index is 1.99. The number of nitrogens with zero attached hydrogens (tertiary/aromatic N) is 2. The van der Waals surface area contributed by atoms with Crippen LogP contribution in [-0.2, 0) is 0 Å². The molecule has 3 aromatic rings. The van der Waals surface area contributed by atoms with Crippen molar-refractivity contribution in [2.24, 2.45) is 0 Å². The minimum Gasteiger partial charge on any atom is -0.258 e. The zero-order chi connectivity index (χ0) is 14.1. The number of hydrogen-bond acceptors (Lipinski definition) is 5. The molecule has 1 aromatic heterocycles. The normalized spacial score (nSPS) is 10.8. The Morgan fingerprint density at radius 2 is 2.05 bits per heavy atom. The maximum absolute atomic E-state index is 11.0. The summed E-state index contributed by atoms with van der Waals surface area (Å²) in [6.07, 6.45) is 0. The van der Waals surface area contributed by atoms with E-state index in [-0.39, 0.29) is 10.6 Å². The van der Waals surface area contributed by atoms with Crippen molar-refractivity contribution in [2.75, 3.05) is 0 Å². The van der Waals surface area contributed by atoms with Gasteiger partial charge in [-0.2, -0.15) is 0 Å². The maximum Gasteiger partial charge on any atom is 0.283 e. The fourth-order valence-electron chi connectivity index (χ4n) is 1.84. The molecule has 100 valence electrons. The second kappa shape index (κ2) is 5.22. The standard InChI is InChI=1S/C14H10N2O2S2/c1-9-6-7-10-13(8-9)20-14(15-10)19-12-5-3-2-4-11(12)16(17)18/h2-8H,1H3. The molecule has 0 aliphatic heterocycles. The van der Waals surface area contributed by atoms with Crippen LogP contribution in [0, 0.1) is 17.0 Å². The van der Waals surface area contributed by atoms with Crippen molar-refractivity contribution in [3.05, 3.63) is 58.1 Å². The highest BCUT2D eigenvalue weighted by atomic mass is 32.2. The molecule has 1 heterocycles. The quantitative estimate of drug-likeness (QED) is 0.521. The highest BCUT2D eigenvalue weighted by molar-refractivity contribution is 8.01. The first kappa shape index (κ1) is 13.1. The summed E-state index contributed by atoms with van der Waals surface area (Å²) in [4.78, 5) is 15.8. The number of fused-ring (bicyclic) bond motifs is 1. The van der Waals surface area contributed by atoms with Crippen LogP contribution >= 0.6 is 23.1 Å². The first-order valence-electron chi connectivity index (χ1n) is 5.92. The summed E-state index contributed by atoms with van der Waals surface area (Å²) in [6, 6.07) is 12.8. The SMILES string of the molecule is Cc1ccc2nc(Sc3ccccc3[N+](=O)[O-])sc2c1. The molecule has 0 aliphatic rings. The lowest BCUT2D eigenvalue weighted by Crippen LogP contribution is -1.89. The average molecular weight is 302 g/mol. The Hall–Kier alpha value is -1.92. The minimum atomic E-state index is -0.361. The van der Waals surface area contributed by atoms with Crippen LogP contribution in [0.4, 0.5) is 5.69 Å². The Labute approximate surface area is 123 Å². The molecule has 0 fully saturated rings. The van der Waals surface area contributed by atoms with Crippen molar-refractivity contribution in [3.63, 3.8) is 0 Å². The van der Waals surface area contributed by atoms with Crippen molar-refractivity contribution in [1.29, 1.82) is 0 Å². The molecule has 0 atom stereocenters. The number of rotatable bonds is 3. The number of para-hydroxylation sites is 1. The van der Waals surface area contributed by atoms with Crippen molar-refractivity contribution in [2.45, 2.75) is 16.2 Å². The molecule has 0 saturated carbocycles. The molecule has 0 saturated heterocycles. The lowest BCUT2D eigenvalue weighted by molar-refractivity contribution is -0.387. The van der Waals surface area contributed by atoms with E-state index < -0.39 is 0 Å². The number of benzene rings is 2. The largest absolute Gasteiger partial charge is 0.283 e. The van der Waals surface area contributed by atoms with Gasteiger partial charge >= 0.3 is 0 Å². The third-order valence-electron chi connectivity index (χ3n) is 2.78. The molecule has 0 radical (unpaired) electrons. The molecule has 3 rings (SSSR count). The Morgan fingerprint density at radius 1 is 1.25 bits per heavy atom. The Kier molecular flexibility index (Phi) is 3.42. The van der Waals surface area contributed by atoms with Gasteiger partial charge in [-0.3, -0.25) is 10.1 Å². The van der Waals surface area contributed by atoms with Crippen LogP contribution in [0.1, 0.15) is 5.56 Å². The summed E-state index contributed by atoms with van der Waals surface area (Å²) in [7, 11) is 0. The first-order valence-corrected chi connectivity index (χ1v) is 7.55. The topological polar surface area (TPSA) is 56.0 Å². The number of aryl methyl sites for hydroxylation is 1. The Morgan fingerprint density at radius 3 is 2.85 bits per heavy atom. The third kappa shape index (κ3) is 2.52. The number of thiazole rings is 1. The average Bonchev–Trinajstić information content (AvgIpc) is 2.80. The van der Waals surface area contributed by atoms with Gasteiger partial charge in [-0.05, 0) is 30.7 Å². The van der Waals surface area contributed by atoms with Gasteiger partial charge < -0.3 is 0 Å². The monoisotopic (exact) mass is 302 g/mol. The Bertz CT molecular complexity index is 799. The second-order valence-corrected chi connectivity index (χ2v) is 6.60. The van der Waals surface area contributed by atoms with Crippen LogP contribution < -0.4 is 0 Å². The fraction of sp³-hybridized carbons (Fsp3) is 0.0714. The van der Waals surface area contributed by atoms with Gasteiger partial charge in [0.05, 0.1) is 20.0 Å². The number of nitro benzene ring substituents is 1. The van der Waals surface area contributed by atoms with Crippen molar-refractivity contribution in [3.8, 4) is 0 Å². The summed E-state index contributed by atoms with van der Waals surface area (Å²) in [5, 5.41) is 11.0. The van der Waals surface area contributed by atoms with E-state index in [0.717, 1.165) is 14.6 Å². The maximum atomic E-state index is 11.0. The molecule has 4 nitrogen and oxygen atoms in total. The van der Waals surface area contributed by atoms with E-state index in [4.69, 9.17) is 0 Å². The minimum absolute atomic E-state index is 0.118. The summed E-state index contributed by atoms with van der Waals surface area (Å²) in [5.74, 6) is 0. The zero-order valence-corrected chi connectivity index (χ0v) is 12.2. The summed E-state index contributed by atoms with van der Waals surface area (Å²) >= 11 is 2.90. The fourth-order valence-corrected chi connectivity index (χ4v) is 4.07. The molecule has 0 bridgehead atoms. The van der Waals surface area contributed by atoms with Crippen LogP contribution in [0.5, 0.6) is 0 Å². The van der Waals surface area contributed by atoms with Crippen molar-refractivity contribution >= 4 is 39.0 Å². The lowest BCUT2D eigenvalue weighted by Gasteiger charge is -1.98. The summed E-state index contributed by atoms with van der Waals surface area (Å²) in [6.45, 7) is 2.04. The van der Waals surface area contributed by atoms with Gasteiger partial charge in [-0.25, -0.2) is 4.98 Å². The number of nitro groups is 1. The van der Waals surface area contributed by atoms with Gasteiger partial charge in [0.15, 0.2) is 4.34 Å². The summed E-state index contributed by atoms with van der Waals surface area (Å²) < 4.78 is 1.92. The van der Waals surface area contributed by atoms with Gasteiger partial charge in [0.1, 0.15) is 0 Å². The zero-order valence-electron chi connectivity index (χ0n) is 10.6. The lowest BCUT2D eigenvalue weighted by atomic mass is 10.2. The van der Waals surface area contributed by atoms with Gasteiger partial charge in [0.25, 0.3) is 5.69 Å². The number of hydrogen-bond donors (Lipinski definition) is 0. The molecule has 2 aromatic carbocycles. The van der Waals surface area contributed by atoms with Crippen LogP contribution in [-0.4, -0.2) is 9.91 Å². The highest BCUT2D eigenvalue weighted by Gasteiger charge is 2.15. The molecule has 0 spiro atoms. The molecular formula is C14H10N2O2S2. The van der Waals surface area contributed by atoms with E-state index in [9.17, 15) is 10.1 Å². The molecule has 0 aliphatic carbocycles. The van der Waals surface area contributed by atoms with Gasteiger partial charge in [-0.15, -0.1) is 11.3 Å². The van der Waals surface area contributed by atoms with Gasteiger partial charge in [0, 0.05) is 6.07 Å². The summed E-state index contributed by atoms with van der Waals surface area (Å²) in [5.41, 5.74) is 2.23. The molecule has 0 amide bonds. The molecular weight excluding hydrogens is 292 g/mol. The third-order valence-corrected chi connectivity index (χ3v) is 4.93.